The van der Waals surface area contributed by atoms with E-state index in [1.165, 1.54) is 18.0 Å². The Balaban J connectivity index is 1.33. The van der Waals surface area contributed by atoms with E-state index < -0.39 is 0 Å². The molecule has 2 aromatic carbocycles. The van der Waals surface area contributed by atoms with E-state index in [0.29, 0.717) is 49.2 Å². The van der Waals surface area contributed by atoms with E-state index in [2.05, 4.69) is 38.2 Å². The van der Waals surface area contributed by atoms with Crippen LogP contribution in [-0.2, 0) is 0 Å². The second-order valence-corrected chi connectivity index (χ2v) is 8.53. The maximum absolute atomic E-state index is 14.1. The lowest BCUT2D eigenvalue weighted by Gasteiger charge is -2.37. The van der Waals surface area contributed by atoms with Crippen molar-refractivity contribution in [3.05, 3.63) is 60.2 Å². The normalized spacial score (nSPS) is 14.3. The molecule has 158 valence electrons. The molecule has 7 nitrogen and oxygen atoms in total. The standard InChI is InChI=1S/C22H22FN7S/c1-14-6-7-16-18(12-14)31-22(27-16)28-20-19(24)21(26-13-25-20)30-10-8-29(9-11-30)17-5-3-2-4-15(17)23/h2-7,12-13H,8-11,24H2,1H3,(H,25,26,27,28). The highest BCUT2D eigenvalue weighted by molar-refractivity contribution is 7.22. The summed E-state index contributed by atoms with van der Waals surface area (Å²) >= 11 is 1.56. The van der Waals surface area contributed by atoms with Crippen molar-refractivity contribution in [3.63, 3.8) is 0 Å². The monoisotopic (exact) mass is 435 g/mol. The molecule has 3 heterocycles. The van der Waals surface area contributed by atoms with Crippen LogP contribution < -0.4 is 20.9 Å². The molecule has 0 unspecified atom stereocenters. The van der Waals surface area contributed by atoms with Crippen LogP contribution in [0.3, 0.4) is 0 Å². The van der Waals surface area contributed by atoms with Gasteiger partial charge in [0.25, 0.3) is 0 Å². The van der Waals surface area contributed by atoms with Crippen molar-refractivity contribution in [2.45, 2.75) is 6.92 Å². The summed E-state index contributed by atoms with van der Waals surface area (Å²) in [5.41, 5.74) is 9.67. The van der Waals surface area contributed by atoms with Gasteiger partial charge >= 0.3 is 0 Å². The van der Waals surface area contributed by atoms with Crippen molar-refractivity contribution in [1.82, 2.24) is 15.0 Å². The summed E-state index contributed by atoms with van der Waals surface area (Å²) in [4.78, 5) is 17.5. The SMILES string of the molecule is Cc1ccc2nc(Nc3ncnc(N4CCN(c5ccccc5F)CC4)c3N)sc2c1. The third-order valence-corrected chi connectivity index (χ3v) is 6.34. The minimum absolute atomic E-state index is 0.199. The maximum Gasteiger partial charge on any atom is 0.189 e. The van der Waals surface area contributed by atoms with Gasteiger partial charge in [-0.2, -0.15) is 0 Å². The Morgan fingerprint density at radius 2 is 1.81 bits per heavy atom. The molecular formula is C22H22FN7S. The van der Waals surface area contributed by atoms with Crippen LogP contribution in [0.2, 0.25) is 0 Å². The maximum atomic E-state index is 14.1. The number of fused-ring (bicyclic) bond motifs is 1. The van der Waals surface area contributed by atoms with Crippen molar-refractivity contribution in [2.24, 2.45) is 0 Å². The van der Waals surface area contributed by atoms with E-state index in [0.717, 1.165) is 15.3 Å². The predicted octanol–water partition coefficient (Wildman–Crippen LogP) is 4.19. The summed E-state index contributed by atoms with van der Waals surface area (Å²) in [5.74, 6) is 1.02. The fourth-order valence-corrected chi connectivity index (χ4v) is 4.75. The molecule has 1 aliphatic rings. The number of thiazole rings is 1. The second-order valence-electron chi connectivity index (χ2n) is 7.50. The predicted molar refractivity (Wildman–Crippen MR) is 125 cm³/mol. The molecule has 2 aromatic heterocycles. The van der Waals surface area contributed by atoms with Crippen LogP contribution in [0.4, 0.5) is 32.5 Å². The highest BCUT2D eigenvalue weighted by Crippen LogP contribution is 2.33. The van der Waals surface area contributed by atoms with Gasteiger partial charge in [-0.05, 0) is 36.8 Å². The van der Waals surface area contributed by atoms with E-state index in [1.54, 1.807) is 17.4 Å². The third-order valence-electron chi connectivity index (χ3n) is 5.40. The summed E-state index contributed by atoms with van der Waals surface area (Å²) in [5, 5.41) is 3.98. The zero-order chi connectivity index (χ0) is 21.4. The zero-order valence-corrected chi connectivity index (χ0v) is 17.9. The van der Waals surface area contributed by atoms with Gasteiger partial charge in [0.1, 0.15) is 17.8 Å². The van der Waals surface area contributed by atoms with Gasteiger partial charge in [-0.15, -0.1) is 0 Å². The van der Waals surface area contributed by atoms with Crippen LogP contribution in [0.25, 0.3) is 10.2 Å². The van der Waals surface area contributed by atoms with E-state index in [9.17, 15) is 4.39 Å². The summed E-state index contributed by atoms with van der Waals surface area (Å²) < 4.78 is 15.2. The number of halogens is 1. The van der Waals surface area contributed by atoms with Crippen LogP contribution in [0.5, 0.6) is 0 Å². The van der Waals surface area contributed by atoms with Crippen LogP contribution in [0.1, 0.15) is 5.56 Å². The topological polar surface area (TPSA) is 83.2 Å². The van der Waals surface area contributed by atoms with E-state index >= 15 is 0 Å². The minimum atomic E-state index is -0.199. The van der Waals surface area contributed by atoms with Gasteiger partial charge < -0.3 is 20.9 Å². The Hall–Kier alpha value is -3.46. The Morgan fingerprint density at radius 1 is 1.03 bits per heavy atom. The first kappa shape index (κ1) is 19.5. The fraction of sp³-hybridized carbons (Fsp3) is 0.227. The molecular weight excluding hydrogens is 413 g/mol. The number of piperazine rings is 1. The molecule has 3 N–H and O–H groups in total. The number of nitrogens with two attached hydrogens (primary N) is 1. The van der Waals surface area contributed by atoms with Gasteiger partial charge in [-0.1, -0.05) is 29.5 Å². The number of aromatic nitrogens is 3. The molecule has 4 aromatic rings. The summed E-state index contributed by atoms with van der Waals surface area (Å²) in [6.45, 7) is 4.81. The van der Waals surface area contributed by atoms with Crippen molar-refractivity contribution in [2.75, 3.05) is 47.0 Å². The molecule has 0 atom stereocenters. The first-order valence-electron chi connectivity index (χ1n) is 10.1. The van der Waals surface area contributed by atoms with Crippen molar-refractivity contribution < 1.29 is 4.39 Å². The van der Waals surface area contributed by atoms with Gasteiger partial charge in [0.15, 0.2) is 16.8 Å². The number of hydrogen-bond acceptors (Lipinski definition) is 8. The number of rotatable bonds is 4. The number of anilines is 5. The number of para-hydroxylation sites is 1. The first-order chi connectivity index (χ1) is 15.1. The Labute approximate surface area is 183 Å². The van der Waals surface area contributed by atoms with E-state index in [4.69, 9.17) is 5.73 Å². The van der Waals surface area contributed by atoms with Gasteiger partial charge in [0.2, 0.25) is 0 Å². The lowest BCUT2D eigenvalue weighted by Crippen LogP contribution is -2.47. The van der Waals surface area contributed by atoms with Gasteiger partial charge in [0, 0.05) is 26.2 Å². The zero-order valence-electron chi connectivity index (χ0n) is 17.0. The number of aryl methyl sites for hydroxylation is 1. The molecule has 1 fully saturated rings. The Bertz CT molecular complexity index is 1230. The fourth-order valence-electron chi connectivity index (χ4n) is 3.79. The number of nitrogens with one attached hydrogen (secondary N) is 1. The van der Waals surface area contributed by atoms with E-state index in [1.807, 2.05) is 29.2 Å². The highest BCUT2D eigenvalue weighted by Gasteiger charge is 2.23. The smallest absolute Gasteiger partial charge is 0.189 e. The van der Waals surface area contributed by atoms with Crippen molar-refractivity contribution in [3.8, 4) is 0 Å². The number of nitrogens with zero attached hydrogens (tertiary/aromatic N) is 5. The minimum Gasteiger partial charge on any atom is -0.393 e. The van der Waals surface area contributed by atoms with Crippen LogP contribution in [-0.4, -0.2) is 41.1 Å². The Kier molecular flexibility index (Phi) is 5.03. The average Bonchev–Trinajstić information content (AvgIpc) is 3.17. The second kappa shape index (κ2) is 7.99. The molecule has 1 saturated heterocycles. The van der Waals surface area contributed by atoms with Gasteiger partial charge in [-0.3, -0.25) is 0 Å². The summed E-state index contributed by atoms with van der Waals surface area (Å²) in [7, 11) is 0. The molecule has 1 aliphatic heterocycles. The first-order valence-corrected chi connectivity index (χ1v) is 10.9. The van der Waals surface area contributed by atoms with Crippen LogP contribution in [0.15, 0.2) is 48.8 Å². The molecule has 0 bridgehead atoms. The van der Waals surface area contributed by atoms with Gasteiger partial charge in [-0.25, -0.2) is 19.3 Å². The van der Waals surface area contributed by atoms with E-state index in [-0.39, 0.29) is 5.82 Å². The average molecular weight is 436 g/mol. The highest BCUT2D eigenvalue weighted by atomic mass is 32.1. The molecule has 0 saturated carbocycles. The van der Waals surface area contributed by atoms with Crippen molar-refractivity contribution in [1.29, 1.82) is 0 Å². The largest absolute Gasteiger partial charge is 0.393 e. The molecule has 0 radical (unpaired) electrons. The molecule has 0 amide bonds. The summed E-state index contributed by atoms with van der Waals surface area (Å²) in [6.07, 6.45) is 1.51. The Morgan fingerprint density at radius 3 is 2.61 bits per heavy atom. The molecule has 5 rings (SSSR count). The molecule has 9 heteroatoms. The van der Waals surface area contributed by atoms with Gasteiger partial charge in [0.05, 0.1) is 15.9 Å². The lowest BCUT2D eigenvalue weighted by atomic mass is 10.2. The molecule has 0 spiro atoms. The van der Waals surface area contributed by atoms with Crippen LogP contribution in [0, 0.1) is 12.7 Å². The van der Waals surface area contributed by atoms with Crippen molar-refractivity contribution >= 4 is 49.7 Å². The summed E-state index contributed by atoms with van der Waals surface area (Å²) in [6, 6.07) is 13.0. The number of nitrogen functional groups attached to an aromatic ring is 1. The third kappa shape index (κ3) is 3.84. The molecule has 0 aliphatic carbocycles. The van der Waals surface area contributed by atoms with Crippen LogP contribution >= 0.6 is 11.3 Å². The lowest BCUT2D eigenvalue weighted by molar-refractivity contribution is 0.596. The number of hydrogen-bond donors (Lipinski definition) is 2. The molecule has 31 heavy (non-hydrogen) atoms. The quantitative estimate of drug-likeness (QED) is 0.497. The number of benzene rings is 2.